The third-order valence-corrected chi connectivity index (χ3v) is 7.40. The van der Waals surface area contributed by atoms with Crippen LogP contribution in [0.3, 0.4) is 0 Å². The minimum Gasteiger partial charge on any atom is -0.439 e. The Morgan fingerprint density at radius 3 is 2.67 bits per heavy atom. The standard InChI is InChI=1S/C23H22I2N2O4S2/c1-2-15(11-23-27(14-33-29)19-13-17(25)5-7-21(19)31-23)10-22-26(8-3-9-32-28)18-12-16(24)4-6-20(18)30-22/h4-7,10-13H,2-3,8-9,14H2,1H3,(H-,28,29)/p+1. The van der Waals surface area contributed by atoms with E-state index in [1.807, 2.05) is 41.0 Å². The fourth-order valence-electron chi connectivity index (χ4n) is 3.63. The Morgan fingerprint density at radius 2 is 1.91 bits per heavy atom. The van der Waals surface area contributed by atoms with E-state index in [4.69, 9.17) is 13.7 Å². The molecule has 1 aliphatic heterocycles. The Kier molecular flexibility index (Phi) is 8.90. The Morgan fingerprint density at radius 1 is 1.12 bits per heavy atom. The summed E-state index contributed by atoms with van der Waals surface area (Å²) in [7, 11) is 0. The Labute approximate surface area is 228 Å². The molecule has 3 aromatic rings. The first-order valence-corrected chi connectivity index (χ1v) is 14.4. The lowest BCUT2D eigenvalue weighted by molar-refractivity contribution is -0.657. The van der Waals surface area contributed by atoms with Gasteiger partial charge in [0, 0.05) is 31.6 Å². The third kappa shape index (κ3) is 5.84. The van der Waals surface area contributed by atoms with Gasteiger partial charge in [-0.15, -0.1) is 4.57 Å². The smallest absolute Gasteiger partial charge is 0.375 e. The average molecular weight is 709 g/mol. The van der Waals surface area contributed by atoms with E-state index in [2.05, 4.69) is 69.1 Å². The van der Waals surface area contributed by atoms with Crippen molar-refractivity contribution in [2.24, 2.45) is 0 Å². The van der Waals surface area contributed by atoms with Crippen LogP contribution in [-0.4, -0.2) is 21.4 Å². The van der Waals surface area contributed by atoms with Crippen LogP contribution in [0.2, 0.25) is 0 Å². The van der Waals surface area contributed by atoms with Crippen LogP contribution < -0.4 is 14.2 Å². The van der Waals surface area contributed by atoms with Crippen LogP contribution in [0, 0.1) is 7.14 Å². The molecule has 2 aromatic carbocycles. The van der Waals surface area contributed by atoms with Crippen LogP contribution >= 0.6 is 69.3 Å². The largest absolute Gasteiger partial charge is 0.439 e. The van der Waals surface area contributed by atoms with E-state index in [0.717, 1.165) is 84.6 Å². The van der Waals surface area contributed by atoms with Crippen LogP contribution in [0.5, 0.6) is 5.75 Å². The van der Waals surface area contributed by atoms with E-state index in [1.165, 1.54) is 0 Å². The highest BCUT2D eigenvalue weighted by atomic mass is 127. The van der Waals surface area contributed by atoms with Gasteiger partial charge in [0.25, 0.3) is 5.52 Å². The van der Waals surface area contributed by atoms with Gasteiger partial charge >= 0.3 is 5.89 Å². The van der Waals surface area contributed by atoms with Gasteiger partial charge < -0.3 is 23.2 Å². The molecule has 0 spiro atoms. The summed E-state index contributed by atoms with van der Waals surface area (Å²) in [5.41, 5.74) is 3.80. The van der Waals surface area contributed by atoms with E-state index >= 15 is 0 Å². The van der Waals surface area contributed by atoms with Crippen LogP contribution in [0.1, 0.15) is 25.7 Å². The van der Waals surface area contributed by atoms with E-state index in [-0.39, 0.29) is 0 Å². The molecule has 0 fully saturated rings. The number of aromatic nitrogens is 1. The molecule has 4 rings (SSSR count). The lowest BCUT2D eigenvalue weighted by Crippen LogP contribution is -2.33. The summed E-state index contributed by atoms with van der Waals surface area (Å²) in [6.07, 6.45) is 5.66. The van der Waals surface area contributed by atoms with Crippen molar-refractivity contribution in [3.63, 3.8) is 0 Å². The average Bonchev–Trinajstić information content (AvgIpc) is 3.31. The molecular formula is C23H23I2N2O4S2+. The normalized spacial score (nSPS) is 14.9. The highest BCUT2D eigenvalue weighted by Gasteiger charge is 2.27. The second-order valence-corrected chi connectivity index (χ2v) is 11.0. The summed E-state index contributed by atoms with van der Waals surface area (Å²) in [5, 5.41) is 0. The minimum absolute atomic E-state index is 0.373. The summed E-state index contributed by atoms with van der Waals surface area (Å²) in [6.45, 7) is 2.84. The molecule has 2 heterocycles. The minimum atomic E-state index is 0.373. The van der Waals surface area contributed by atoms with Gasteiger partial charge in [-0.2, -0.15) is 0 Å². The first-order chi connectivity index (χ1) is 16.0. The second-order valence-electron chi connectivity index (χ2n) is 7.35. The van der Waals surface area contributed by atoms with Gasteiger partial charge in [-0.3, -0.25) is 0 Å². The Balaban J connectivity index is 1.72. The number of anilines is 1. The molecule has 0 bridgehead atoms. The number of nitrogens with zero attached hydrogens (tertiary/aromatic N) is 2. The zero-order chi connectivity index (χ0) is 23.4. The molecule has 0 atom stereocenters. The summed E-state index contributed by atoms with van der Waals surface area (Å²) in [4.78, 5) is 2.16. The van der Waals surface area contributed by atoms with Crippen molar-refractivity contribution in [2.75, 3.05) is 17.2 Å². The number of hydrogen-bond donors (Lipinski definition) is 2. The predicted molar refractivity (Wildman–Crippen MR) is 153 cm³/mol. The summed E-state index contributed by atoms with van der Waals surface area (Å²) < 4.78 is 35.3. The third-order valence-electron chi connectivity index (χ3n) is 5.21. The summed E-state index contributed by atoms with van der Waals surface area (Å²) in [6, 6.07) is 12.2. The predicted octanol–water partition coefficient (Wildman–Crippen LogP) is 7.22. The van der Waals surface area contributed by atoms with Crippen molar-refractivity contribution in [1.29, 1.82) is 0 Å². The van der Waals surface area contributed by atoms with E-state index in [0.29, 0.717) is 17.5 Å². The summed E-state index contributed by atoms with van der Waals surface area (Å²) in [5.74, 6) is 3.31. The number of allylic oxidation sites excluding steroid dienone is 2. The zero-order valence-corrected chi connectivity index (χ0v) is 23.8. The SMILES string of the molecule is CCC(=Cc1oc2ccc(I)cc2[n+]1CSO)C=C1Oc2ccc(I)cc2N1CCCSO. The van der Waals surface area contributed by atoms with Crippen molar-refractivity contribution in [3.05, 3.63) is 67.0 Å². The van der Waals surface area contributed by atoms with Crippen LogP contribution in [0.4, 0.5) is 5.69 Å². The second kappa shape index (κ2) is 11.7. The number of rotatable bonds is 9. The molecule has 6 nitrogen and oxygen atoms in total. The molecule has 0 saturated heterocycles. The molecule has 1 aromatic heterocycles. The Bertz CT molecular complexity index is 1210. The number of ether oxygens (including phenoxy) is 1. The molecule has 2 N–H and O–H groups in total. The molecule has 10 heteroatoms. The molecule has 0 saturated carbocycles. The van der Waals surface area contributed by atoms with Crippen molar-refractivity contribution < 1.29 is 22.8 Å². The maximum absolute atomic E-state index is 9.55. The summed E-state index contributed by atoms with van der Waals surface area (Å²) >= 11 is 6.21. The highest BCUT2D eigenvalue weighted by molar-refractivity contribution is 14.1. The quantitative estimate of drug-likeness (QED) is 0.105. The number of hydrogen-bond acceptors (Lipinski definition) is 7. The molecular weight excluding hydrogens is 686 g/mol. The van der Waals surface area contributed by atoms with Gasteiger partial charge in [0.1, 0.15) is 0 Å². The number of fused-ring (bicyclic) bond motifs is 2. The van der Waals surface area contributed by atoms with Crippen molar-refractivity contribution >= 4 is 92.1 Å². The maximum Gasteiger partial charge on any atom is 0.375 e. The highest BCUT2D eigenvalue weighted by Crippen LogP contribution is 2.40. The molecule has 0 amide bonds. The van der Waals surface area contributed by atoms with Gasteiger partial charge in [-0.1, -0.05) is 6.92 Å². The van der Waals surface area contributed by atoms with Gasteiger partial charge in [-0.05, 0) is 106 Å². The van der Waals surface area contributed by atoms with Gasteiger partial charge in [0.15, 0.2) is 5.75 Å². The van der Waals surface area contributed by atoms with E-state index in [9.17, 15) is 4.55 Å². The molecule has 33 heavy (non-hydrogen) atoms. The molecule has 174 valence electrons. The van der Waals surface area contributed by atoms with Crippen molar-refractivity contribution in [3.8, 4) is 5.75 Å². The van der Waals surface area contributed by atoms with Crippen molar-refractivity contribution in [1.82, 2.24) is 0 Å². The van der Waals surface area contributed by atoms with E-state index < -0.39 is 0 Å². The zero-order valence-electron chi connectivity index (χ0n) is 17.8. The molecule has 1 aliphatic rings. The van der Waals surface area contributed by atoms with Crippen LogP contribution in [0.25, 0.3) is 17.2 Å². The fourth-order valence-corrected chi connectivity index (χ4v) is 5.22. The molecule has 0 radical (unpaired) electrons. The van der Waals surface area contributed by atoms with E-state index in [1.54, 1.807) is 0 Å². The topological polar surface area (TPSA) is 70.0 Å². The lowest BCUT2D eigenvalue weighted by atomic mass is 10.2. The monoisotopic (exact) mass is 709 g/mol. The Hall–Kier alpha value is -0.930. The first-order valence-electron chi connectivity index (χ1n) is 10.4. The number of oxazole rings is 1. The molecule has 0 unspecified atom stereocenters. The lowest BCUT2D eigenvalue weighted by Gasteiger charge is -2.18. The first kappa shape index (κ1) is 25.2. The molecule has 0 aliphatic carbocycles. The van der Waals surface area contributed by atoms with Gasteiger partial charge in [-0.25, -0.2) is 0 Å². The number of halogens is 2. The van der Waals surface area contributed by atoms with Gasteiger partial charge in [0.05, 0.1) is 23.8 Å². The van der Waals surface area contributed by atoms with Crippen LogP contribution in [0.15, 0.2) is 58.3 Å². The maximum atomic E-state index is 9.55. The number of benzene rings is 2. The van der Waals surface area contributed by atoms with Gasteiger partial charge in [0.2, 0.25) is 17.3 Å². The fraction of sp³-hybridized carbons (Fsp3) is 0.261. The van der Waals surface area contributed by atoms with Crippen LogP contribution in [-0.2, 0) is 5.88 Å². The van der Waals surface area contributed by atoms with Crippen molar-refractivity contribution in [2.45, 2.75) is 25.6 Å².